The second-order valence-electron chi connectivity index (χ2n) is 2.60. The maximum Gasteiger partial charge on any atom is 0.236 e. The van der Waals surface area contributed by atoms with Crippen molar-refractivity contribution in [1.82, 2.24) is 10.2 Å². The average molecular weight is 284 g/mol. The van der Waals surface area contributed by atoms with Crippen molar-refractivity contribution in [1.29, 1.82) is 0 Å². The minimum atomic E-state index is 0.205. The van der Waals surface area contributed by atoms with E-state index in [4.69, 9.17) is 0 Å². The number of halogens is 1. The molecular weight excluding hydrogens is 267 g/mol. The Hall–Kier alpha value is 0.160. The molecule has 0 aromatic rings. The van der Waals surface area contributed by atoms with Gasteiger partial charge in [0.15, 0.2) is 0 Å². The molecule has 0 unspecified atom stereocenters. The van der Waals surface area contributed by atoms with Crippen LogP contribution < -0.4 is 5.32 Å². The summed E-state index contributed by atoms with van der Waals surface area (Å²) in [5, 5.41) is 2.87. The predicted octanol–water partition coefficient (Wildman–Crippen LogP) is 0.879. The van der Waals surface area contributed by atoms with Crippen LogP contribution in [0.3, 0.4) is 0 Å². The molecule has 0 bridgehead atoms. The Balaban J connectivity index is 3.81. The number of nitrogens with zero attached hydrogens (tertiary/aromatic N) is 1. The first kappa shape index (κ1) is 12.2. The first-order valence-corrected chi connectivity index (χ1v) is 5.77. The fourth-order valence-corrected chi connectivity index (χ4v) is 1.58. The van der Waals surface area contributed by atoms with Crippen LogP contribution in [-0.4, -0.2) is 41.9 Å². The second-order valence-corrected chi connectivity index (χ2v) is 3.68. The van der Waals surface area contributed by atoms with Crippen LogP contribution in [0.5, 0.6) is 0 Å². The van der Waals surface area contributed by atoms with Crippen LogP contribution in [0.25, 0.3) is 0 Å². The minimum Gasteiger partial charge on any atom is -0.341 e. The molecule has 12 heavy (non-hydrogen) atoms. The fraction of sp³-hybridized carbons (Fsp3) is 0.875. The molecule has 4 heteroatoms. The van der Waals surface area contributed by atoms with Crippen molar-refractivity contribution in [3.05, 3.63) is 0 Å². The molecule has 72 valence electrons. The number of carbonyl (C=O) groups excluding carboxylic acids is 1. The molecular formula is C8H17IN2O. The van der Waals surface area contributed by atoms with E-state index < -0.39 is 0 Å². The Morgan fingerprint density at radius 3 is 2.58 bits per heavy atom. The smallest absolute Gasteiger partial charge is 0.236 e. The summed E-state index contributed by atoms with van der Waals surface area (Å²) in [5.41, 5.74) is 0. The van der Waals surface area contributed by atoms with Crippen molar-refractivity contribution >= 4 is 28.5 Å². The lowest BCUT2D eigenvalue weighted by Crippen LogP contribution is -2.38. The maximum absolute atomic E-state index is 11.4. The largest absolute Gasteiger partial charge is 0.341 e. The molecule has 1 amide bonds. The Morgan fingerprint density at radius 2 is 2.17 bits per heavy atom. The van der Waals surface area contributed by atoms with E-state index in [0.717, 1.165) is 23.9 Å². The molecule has 0 radical (unpaired) electrons. The predicted molar refractivity (Wildman–Crippen MR) is 59.7 cm³/mol. The molecule has 0 saturated heterocycles. The van der Waals surface area contributed by atoms with Crippen molar-refractivity contribution in [3.8, 4) is 0 Å². The van der Waals surface area contributed by atoms with Gasteiger partial charge in [-0.2, -0.15) is 0 Å². The molecule has 3 nitrogen and oxygen atoms in total. The topological polar surface area (TPSA) is 32.3 Å². The molecule has 0 aromatic heterocycles. The minimum absolute atomic E-state index is 0.205. The van der Waals surface area contributed by atoms with Crippen LogP contribution >= 0.6 is 22.6 Å². The molecule has 0 saturated carbocycles. The Labute approximate surface area is 88.0 Å². The third kappa shape index (κ3) is 4.92. The molecule has 0 atom stereocenters. The van der Waals surface area contributed by atoms with E-state index in [1.54, 1.807) is 7.05 Å². The van der Waals surface area contributed by atoms with Gasteiger partial charge in [0.25, 0.3) is 0 Å². The van der Waals surface area contributed by atoms with Gasteiger partial charge in [-0.15, -0.1) is 0 Å². The number of alkyl halides is 1. The van der Waals surface area contributed by atoms with Crippen molar-refractivity contribution in [3.63, 3.8) is 0 Å². The Bertz CT molecular complexity index is 124. The molecule has 0 heterocycles. The van der Waals surface area contributed by atoms with Gasteiger partial charge in [-0.3, -0.25) is 4.79 Å². The summed E-state index contributed by atoms with van der Waals surface area (Å²) in [6, 6.07) is 0. The standard InChI is InChI=1S/C8H17IN2O/c1-3-5-11(6-4-9)8(12)7-10-2/h10H,3-7H2,1-2H3. The zero-order valence-corrected chi connectivity index (χ0v) is 9.93. The monoisotopic (exact) mass is 284 g/mol. The second kappa shape index (κ2) is 7.79. The highest BCUT2D eigenvalue weighted by atomic mass is 127. The number of hydrogen-bond acceptors (Lipinski definition) is 2. The van der Waals surface area contributed by atoms with E-state index in [1.807, 2.05) is 4.90 Å². The van der Waals surface area contributed by atoms with Crippen LogP contribution in [0.2, 0.25) is 0 Å². The highest BCUT2D eigenvalue weighted by Gasteiger charge is 2.09. The molecule has 0 spiro atoms. The Kier molecular flexibility index (Phi) is 7.89. The number of carbonyl (C=O) groups is 1. The van der Waals surface area contributed by atoms with E-state index in [9.17, 15) is 4.79 Å². The number of likely N-dealkylation sites (N-methyl/N-ethyl adjacent to an activating group) is 1. The van der Waals surface area contributed by atoms with E-state index in [1.165, 1.54) is 0 Å². The summed E-state index contributed by atoms with van der Waals surface area (Å²) >= 11 is 2.29. The molecule has 0 aromatic carbocycles. The summed E-state index contributed by atoms with van der Waals surface area (Å²) in [5.74, 6) is 0.205. The molecule has 0 fully saturated rings. The van der Waals surface area contributed by atoms with Crippen LogP contribution in [0, 0.1) is 0 Å². The van der Waals surface area contributed by atoms with Gasteiger partial charge in [-0.1, -0.05) is 29.5 Å². The van der Waals surface area contributed by atoms with Gasteiger partial charge in [-0.25, -0.2) is 0 Å². The molecule has 0 aliphatic heterocycles. The zero-order valence-electron chi connectivity index (χ0n) is 7.77. The lowest BCUT2D eigenvalue weighted by molar-refractivity contribution is -0.129. The Morgan fingerprint density at radius 1 is 1.50 bits per heavy atom. The average Bonchev–Trinajstić information content (AvgIpc) is 2.04. The van der Waals surface area contributed by atoms with Gasteiger partial charge in [0.2, 0.25) is 5.91 Å². The summed E-state index contributed by atoms with van der Waals surface area (Å²) in [6.07, 6.45) is 1.03. The van der Waals surface area contributed by atoms with E-state index in [2.05, 4.69) is 34.8 Å². The van der Waals surface area contributed by atoms with Crippen molar-refractivity contribution in [2.24, 2.45) is 0 Å². The van der Waals surface area contributed by atoms with Gasteiger partial charge in [0.05, 0.1) is 6.54 Å². The van der Waals surface area contributed by atoms with Crippen molar-refractivity contribution in [2.75, 3.05) is 31.1 Å². The first-order chi connectivity index (χ1) is 5.76. The maximum atomic E-state index is 11.4. The van der Waals surface area contributed by atoms with Gasteiger partial charge in [-0.05, 0) is 13.5 Å². The molecule has 0 aliphatic rings. The highest BCUT2D eigenvalue weighted by Crippen LogP contribution is 1.94. The SMILES string of the molecule is CCCN(CCI)C(=O)CNC. The van der Waals surface area contributed by atoms with Crippen LogP contribution in [0.1, 0.15) is 13.3 Å². The van der Waals surface area contributed by atoms with Gasteiger partial charge in [0.1, 0.15) is 0 Å². The van der Waals surface area contributed by atoms with Gasteiger partial charge in [0, 0.05) is 17.5 Å². The third-order valence-corrected chi connectivity index (χ3v) is 2.01. The van der Waals surface area contributed by atoms with E-state index in [0.29, 0.717) is 6.54 Å². The van der Waals surface area contributed by atoms with Crippen LogP contribution in [0.15, 0.2) is 0 Å². The molecule has 1 N–H and O–H groups in total. The van der Waals surface area contributed by atoms with E-state index >= 15 is 0 Å². The number of hydrogen-bond donors (Lipinski definition) is 1. The molecule has 0 aliphatic carbocycles. The van der Waals surface area contributed by atoms with Gasteiger partial charge < -0.3 is 10.2 Å². The zero-order chi connectivity index (χ0) is 9.40. The van der Waals surface area contributed by atoms with E-state index in [-0.39, 0.29) is 5.91 Å². The third-order valence-electron chi connectivity index (χ3n) is 1.53. The number of amides is 1. The van der Waals surface area contributed by atoms with Crippen molar-refractivity contribution in [2.45, 2.75) is 13.3 Å². The summed E-state index contributed by atoms with van der Waals surface area (Å²) in [6.45, 7) is 4.29. The quantitative estimate of drug-likeness (QED) is 0.580. The highest BCUT2D eigenvalue weighted by molar-refractivity contribution is 14.1. The summed E-state index contributed by atoms with van der Waals surface area (Å²) < 4.78 is 1.01. The van der Waals surface area contributed by atoms with Crippen molar-refractivity contribution < 1.29 is 4.79 Å². The fourth-order valence-electron chi connectivity index (χ4n) is 0.996. The molecule has 0 rings (SSSR count). The summed E-state index contributed by atoms with van der Waals surface area (Å²) in [4.78, 5) is 13.3. The van der Waals surface area contributed by atoms with Crippen LogP contribution in [-0.2, 0) is 4.79 Å². The lowest BCUT2D eigenvalue weighted by Gasteiger charge is -2.20. The normalized spacial score (nSPS) is 9.92. The van der Waals surface area contributed by atoms with Gasteiger partial charge >= 0.3 is 0 Å². The number of rotatable bonds is 6. The first-order valence-electron chi connectivity index (χ1n) is 4.24. The summed E-state index contributed by atoms with van der Waals surface area (Å²) in [7, 11) is 1.80. The van der Waals surface area contributed by atoms with Crippen LogP contribution in [0.4, 0.5) is 0 Å². The number of nitrogens with one attached hydrogen (secondary N) is 1. The lowest BCUT2D eigenvalue weighted by atomic mass is 10.4.